The zero-order chi connectivity index (χ0) is 14.5. The molecule has 1 heterocycles. The highest BCUT2D eigenvalue weighted by Crippen LogP contribution is 2.12. The van der Waals surface area contributed by atoms with E-state index in [-0.39, 0.29) is 17.9 Å². The highest BCUT2D eigenvalue weighted by molar-refractivity contribution is 5.96. The van der Waals surface area contributed by atoms with Gasteiger partial charge in [0.1, 0.15) is 0 Å². The first-order chi connectivity index (χ1) is 9.56. The molecule has 0 radical (unpaired) electrons. The summed E-state index contributed by atoms with van der Waals surface area (Å²) in [7, 11) is 0. The number of anilines is 1. The highest BCUT2D eigenvalue weighted by atomic mass is 16.2. The number of hydrogen-bond acceptors (Lipinski definition) is 5. The molecular formula is C12H14N6O2. The van der Waals surface area contributed by atoms with E-state index in [2.05, 4.69) is 31.3 Å². The van der Waals surface area contributed by atoms with Crippen LogP contribution in [0.5, 0.6) is 0 Å². The first kappa shape index (κ1) is 13.7. The minimum absolute atomic E-state index is 0.192. The number of rotatable bonds is 4. The lowest BCUT2D eigenvalue weighted by Gasteiger charge is -2.10. The van der Waals surface area contributed by atoms with Crippen LogP contribution in [-0.4, -0.2) is 32.4 Å². The van der Waals surface area contributed by atoms with E-state index >= 15 is 0 Å². The first-order valence-corrected chi connectivity index (χ1v) is 5.98. The van der Waals surface area contributed by atoms with Crippen molar-refractivity contribution >= 4 is 17.5 Å². The normalized spacial score (nSPS) is 11.7. The smallest absolute Gasteiger partial charge is 0.251 e. The van der Waals surface area contributed by atoms with Crippen molar-refractivity contribution in [3.05, 3.63) is 35.7 Å². The van der Waals surface area contributed by atoms with Crippen LogP contribution in [-0.2, 0) is 4.79 Å². The molecule has 0 bridgehead atoms. The fraction of sp³-hybridized carbons (Fsp3) is 0.250. The van der Waals surface area contributed by atoms with Gasteiger partial charge in [-0.05, 0) is 25.1 Å². The summed E-state index contributed by atoms with van der Waals surface area (Å²) < 4.78 is 0. The third kappa shape index (κ3) is 3.37. The first-order valence-electron chi connectivity index (χ1n) is 5.98. The van der Waals surface area contributed by atoms with Crippen molar-refractivity contribution in [2.75, 3.05) is 5.32 Å². The molecule has 0 fully saturated rings. The Morgan fingerprint density at radius 3 is 2.80 bits per heavy atom. The Morgan fingerprint density at radius 1 is 1.35 bits per heavy atom. The number of carbonyl (C=O) groups excluding carboxylic acids is 2. The van der Waals surface area contributed by atoms with Crippen LogP contribution in [0.2, 0.25) is 0 Å². The van der Waals surface area contributed by atoms with E-state index < -0.39 is 0 Å². The summed E-state index contributed by atoms with van der Waals surface area (Å²) in [5, 5.41) is 18.7. The number of hydrogen-bond donors (Lipinski definition) is 3. The molecule has 104 valence electrons. The van der Waals surface area contributed by atoms with Gasteiger partial charge in [-0.15, -0.1) is 10.2 Å². The van der Waals surface area contributed by atoms with Gasteiger partial charge in [0.15, 0.2) is 5.82 Å². The average Bonchev–Trinajstić information content (AvgIpc) is 2.92. The third-order valence-corrected chi connectivity index (χ3v) is 2.54. The van der Waals surface area contributed by atoms with Gasteiger partial charge in [-0.2, -0.15) is 5.21 Å². The minimum Gasteiger partial charge on any atom is -0.342 e. The van der Waals surface area contributed by atoms with Crippen LogP contribution in [0, 0.1) is 0 Å². The molecule has 8 heteroatoms. The summed E-state index contributed by atoms with van der Waals surface area (Å²) in [6.45, 7) is 3.16. The number of nitrogens with zero attached hydrogens (tertiary/aromatic N) is 3. The summed E-state index contributed by atoms with van der Waals surface area (Å²) >= 11 is 0. The maximum atomic E-state index is 12.1. The largest absolute Gasteiger partial charge is 0.342 e. The van der Waals surface area contributed by atoms with Gasteiger partial charge >= 0.3 is 0 Å². The lowest BCUT2D eigenvalue weighted by atomic mass is 10.1. The van der Waals surface area contributed by atoms with Crippen LogP contribution in [0.3, 0.4) is 0 Å². The van der Waals surface area contributed by atoms with E-state index in [1.54, 1.807) is 31.2 Å². The minimum atomic E-state index is -0.370. The van der Waals surface area contributed by atoms with Crippen molar-refractivity contribution in [1.29, 1.82) is 0 Å². The van der Waals surface area contributed by atoms with Crippen LogP contribution in [0.15, 0.2) is 24.3 Å². The number of aromatic nitrogens is 4. The van der Waals surface area contributed by atoms with E-state index in [0.717, 1.165) is 0 Å². The molecule has 0 saturated heterocycles. The lowest BCUT2D eigenvalue weighted by Crippen LogP contribution is -2.27. The second-order valence-electron chi connectivity index (χ2n) is 4.23. The number of amides is 2. The van der Waals surface area contributed by atoms with Crippen LogP contribution in [0.4, 0.5) is 5.69 Å². The van der Waals surface area contributed by atoms with Gasteiger partial charge < -0.3 is 10.6 Å². The molecule has 0 aliphatic heterocycles. The zero-order valence-corrected chi connectivity index (χ0v) is 11.0. The van der Waals surface area contributed by atoms with Crippen LogP contribution >= 0.6 is 0 Å². The fourth-order valence-electron chi connectivity index (χ4n) is 1.64. The molecule has 0 aliphatic rings. The number of tetrazole rings is 1. The summed E-state index contributed by atoms with van der Waals surface area (Å²) in [5.41, 5.74) is 1.00. The summed E-state index contributed by atoms with van der Waals surface area (Å²) in [6.07, 6.45) is 0. The fourth-order valence-corrected chi connectivity index (χ4v) is 1.64. The maximum absolute atomic E-state index is 12.1. The third-order valence-electron chi connectivity index (χ3n) is 2.54. The Hall–Kier alpha value is -2.77. The topological polar surface area (TPSA) is 113 Å². The molecule has 8 nitrogen and oxygen atoms in total. The highest BCUT2D eigenvalue weighted by Gasteiger charge is 2.15. The summed E-state index contributed by atoms with van der Waals surface area (Å²) in [4.78, 5) is 23.1. The van der Waals surface area contributed by atoms with Gasteiger partial charge in [-0.25, -0.2) is 0 Å². The SMILES string of the molecule is CC(=O)Nc1cccc(C(=O)NC(C)c2nn[nH]n2)c1. The Bertz CT molecular complexity index is 610. The quantitative estimate of drug-likeness (QED) is 0.757. The molecule has 1 unspecified atom stereocenters. The van der Waals surface area contributed by atoms with Gasteiger partial charge in [0, 0.05) is 18.2 Å². The number of H-pyrrole nitrogens is 1. The molecule has 1 aromatic heterocycles. The van der Waals surface area contributed by atoms with Crippen molar-refractivity contribution in [3.63, 3.8) is 0 Å². The Balaban J connectivity index is 2.07. The molecule has 1 atom stereocenters. The number of carbonyl (C=O) groups is 2. The van der Waals surface area contributed by atoms with Gasteiger partial charge in [0.2, 0.25) is 5.91 Å². The zero-order valence-electron chi connectivity index (χ0n) is 11.0. The average molecular weight is 274 g/mol. The van der Waals surface area contributed by atoms with Gasteiger partial charge in [0.25, 0.3) is 5.91 Å². The Morgan fingerprint density at radius 2 is 2.15 bits per heavy atom. The van der Waals surface area contributed by atoms with E-state index in [0.29, 0.717) is 17.1 Å². The Labute approximate surface area is 115 Å². The lowest BCUT2D eigenvalue weighted by molar-refractivity contribution is -0.114. The molecule has 2 amide bonds. The predicted molar refractivity (Wildman–Crippen MR) is 70.8 cm³/mol. The van der Waals surface area contributed by atoms with Gasteiger partial charge in [-0.3, -0.25) is 9.59 Å². The van der Waals surface area contributed by atoms with Crippen molar-refractivity contribution in [2.24, 2.45) is 0 Å². The summed E-state index contributed by atoms with van der Waals surface area (Å²) in [6, 6.07) is 6.29. The summed E-state index contributed by atoms with van der Waals surface area (Å²) in [5.74, 6) is -0.0754. The standard InChI is InChI=1S/C12H14N6O2/c1-7(11-15-17-18-16-11)13-12(20)9-4-3-5-10(6-9)14-8(2)19/h3-7H,1-2H3,(H,13,20)(H,14,19)(H,15,16,17,18). The van der Waals surface area contributed by atoms with Gasteiger partial charge in [-0.1, -0.05) is 11.3 Å². The molecule has 2 rings (SSSR count). The number of aromatic amines is 1. The van der Waals surface area contributed by atoms with Crippen LogP contribution < -0.4 is 10.6 Å². The molecule has 0 saturated carbocycles. The number of benzene rings is 1. The van der Waals surface area contributed by atoms with Crippen LogP contribution in [0.25, 0.3) is 0 Å². The maximum Gasteiger partial charge on any atom is 0.251 e. The molecule has 1 aromatic carbocycles. The second-order valence-corrected chi connectivity index (χ2v) is 4.23. The van der Waals surface area contributed by atoms with E-state index in [1.807, 2.05) is 0 Å². The predicted octanol–water partition coefficient (Wildman–Crippen LogP) is 0.649. The van der Waals surface area contributed by atoms with Crippen molar-refractivity contribution in [3.8, 4) is 0 Å². The van der Waals surface area contributed by atoms with Crippen molar-refractivity contribution in [2.45, 2.75) is 19.9 Å². The number of nitrogens with one attached hydrogen (secondary N) is 3. The Kier molecular flexibility index (Phi) is 4.04. The van der Waals surface area contributed by atoms with E-state index in [4.69, 9.17) is 0 Å². The van der Waals surface area contributed by atoms with E-state index in [1.165, 1.54) is 6.92 Å². The molecule has 0 aliphatic carbocycles. The molecular weight excluding hydrogens is 260 g/mol. The van der Waals surface area contributed by atoms with Gasteiger partial charge in [0.05, 0.1) is 6.04 Å². The molecule has 0 spiro atoms. The monoisotopic (exact) mass is 274 g/mol. The van der Waals surface area contributed by atoms with Crippen molar-refractivity contribution < 1.29 is 9.59 Å². The molecule has 3 N–H and O–H groups in total. The van der Waals surface area contributed by atoms with Crippen molar-refractivity contribution in [1.82, 2.24) is 25.9 Å². The molecule has 20 heavy (non-hydrogen) atoms. The van der Waals surface area contributed by atoms with E-state index in [9.17, 15) is 9.59 Å². The second kappa shape index (κ2) is 5.91. The molecule has 2 aromatic rings. The van der Waals surface area contributed by atoms with Crippen LogP contribution in [0.1, 0.15) is 36.1 Å².